The number of likely N-dealkylation sites (N-methyl/N-ethyl adjacent to an activating group) is 1. The average molecular weight is 277 g/mol. The Morgan fingerprint density at radius 3 is 2.85 bits per heavy atom. The van der Waals surface area contributed by atoms with Gasteiger partial charge in [-0.1, -0.05) is 6.07 Å². The summed E-state index contributed by atoms with van der Waals surface area (Å²) in [6, 6.07) is 5.23. The molecular formula is C14H19N3O3. The van der Waals surface area contributed by atoms with Crippen molar-refractivity contribution in [2.45, 2.75) is 12.6 Å². The van der Waals surface area contributed by atoms with Crippen molar-refractivity contribution in [1.29, 1.82) is 0 Å². The van der Waals surface area contributed by atoms with E-state index in [-0.39, 0.29) is 12.1 Å². The maximum absolute atomic E-state index is 12.4. The van der Waals surface area contributed by atoms with Crippen molar-refractivity contribution in [3.05, 3.63) is 34.9 Å². The van der Waals surface area contributed by atoms with Crippen LogP contribution >= 0.6 is 0 Å². The molecule has 1 N–H and O–H groups in total. The molecule has 0 bridgehead atoms. The number of methoxy groups -OCH3 is 1. The fourth-order valence-electron chi connectivity index (χ4n) is 2.16. The Hall–Kier alpha value is -1.92. The van der Waals surface area contributed by atoms with Gasteiger partial charge in [0.05, 0.1) is 31.5 Å². The van der Waals surface area contributed by atoms with Gasteiger partial charge in [-0.2, -0.15) is 0 Å². The van der Waals surface area contributed by atoms with Crippen LogP contribution in [0.25, 0.3) is 10.9 Å². The molecule has 1 atom stereocenters. The molecule has 0 spiro atoms. The second-order valence-corrected chi connectivity index (χ2v) is 4.97. The van der Waals surface area contributed by atoms with E-state index >= 15 is 0 Å². The van der Waals surface area contributed by atoms with Gasteiger partial charge in [-0.25, -0.2) is 4.98 Å². The van der Waals surface area contributed by atoms with E-state index in [1.165, 1.54) is 10.9 Å². The Bertz CT molecular complexity index is 652. The van der Waals surface area contributed by atoms with Gasteiger partial charge in [0.25, 0.3) is 5.56 Å². The Morgan fingerprint density at radius 1 is 1.45 bits per heavy atom. The molecule has 0 unspecified atom stereocenters. The van der Waals surface area contributed by atoms with E-state index in [1.807, 2.05) is 19.0 Å². The van der Waals surface area contributed by atoms with E-state index in [0.717, 1.165) is 0 Å². The number of aromatic nitrogens is 2. The number of para-hydroxylation sites is 1. The van der Waals surface area contributed by atoms with Crippen molar-refractivity contribution >= 4 is 10.9 Å². The summed E-state index contributed by atoms with van der Waals surface area (Å²) < 4.78 is 6.62. The number of aliphatic hydroxyl groups is 1. The molecular weight excluding hydrogens is 258 g/mol. The highest BCUT2D eigenvalue weighted by Gasteiger charge is 2.11. The molecule has 2 aromatic rings. The normalized spacial score (nSPS) is 12.8. The van der Waals surface area contributed by atoms with E-state index in [9.17, 15) is 9.90 Å². The number of nitrogens with zero attached hydrogens (tertiary/aromatic N) is 3. The molecule has 20 heavy (non-hydrogen) atoms. The Labute approximate surface area is 117 Å². The second kappa shape index (κ2) is 6.02. The van der Waals surface area contributed by atoms with Crippen LogP contribution in [0.4, 0.5) is 0 Å². The number of rotatable bonds is 5. The zero-order chi connectivity index (χ0) is 14.7. The van der Waals surface area contributed by atoms with Gasteiger partial charge < -0.3 is 14.7 Å². The monoisotopic (exact) mass is 277 g/mol. The molecule has 0 aliphatic carbocycles. The summed E-state index contributed by atoms with van der Waals surface area (Å²) in [6.45, 7) is 0.708. The molecule has 0 aliphatic heterocycles. The zero-order valence-corrected chi connectivity index (χ0v) is 11.9. The predicted octanol–water partition coefficient (Wildman–Crippen LogP) is 0.328. The lowest BCUT2D eigenvalue weighted by atomic mass is 10.2. The SMILES string of the molecule is COc1cccc2c(=O)n(C[C@@H](O)CN(C)C)cnc12. The summed E-state index contributed by atoms with van der Waals surface area (Å²) in [7, 11) is 5.29. The molecule has 0 amide bonds. The van der Waals surface area contributed by atoms with Crippen LogP contribution in [0, 0.1) is 0 Å². The fourth-order valence-corrected chi connectivity index (χ4v) is 2.16. The van der Waals surface area contributed by atoms with E-state index < -0.39 is 6.10 Å². The van der Waals surface area contributed by atoms with Crippen molar-refractivity contribution in [3.63, 3.8) is 0 Å². The minimum atomic E-state index is -0.618. The van der Waals surface area contributed by atoms with Crippen LogP contribution < -0.4 is 10.3 Å². The topological polar surface area (TPSA) is 67.6 Å². The van der Waals surface area contributed by atoms with Crippen LogP contribution in [-0.4, -0.2) is 53.4 Å². The number of hydrogen-bond donors (Lipinski definition) is 1. The number of fused-ring (bicyclic) bond motifs is 1. The van der Waals surface area contributed by atoms with Crippen LogP contribution in [-0.2, 0) is 6.54 Å². The fraction of sp³-hybridized carbons (Fsp3) is 0.429. The molecule has 6 heteroatoms. The minimum absolute atomic E-state index is 0.174. The largest absolute Gasteiger partial charge is 0.494 e. The molecule has 1 aromatic carbocycles. The zero-order valence-electron chi connectivity index (χ0n) is 11.9. The van der Waals surface area contributed by atoms with Gasteiger partial charge in [0.15, 0.2) is 0 Å². The van der Waals surface area contributed by atoms with Gasteiger partial charge in [-0.15, -0.1) is 0 Å². The smallest absolute Gasteiger partial charge is 0.261 e. The van der Waals surface area contributed by atoms with Crippen LogP contribution in [0.1, 0.15) is 0 Å². The lowest BCUT2D eigenvalue weighted by Gasteiger charge is -2.17. The molecule has 6 nitrogen and oxygen atoms in total. The molecule has 0 saturated carbocycles. The minimum Gasteiger partial charge on any atom is -0.494 e. The van der Waals surface area contributed by atoms with Gasteiger partial charge in [0.1, 0.15) is 11.3 Å². The second-order valence-electron chi connectivity index (χ2n) is 4.97. The number of aliphatic hydroxyl groups excluding tert-OH is 1. The summed E-state index contributed by atoms with van der Waals surface area (Å²) in [5.41, 5.74) is 0.366. The highest BCUT2D eigenvalue weighted by atomic mass is 16.5. The molecule has 0 radical (unpaired) electrons. The standard InChI is InChI=1S/C14H19N3O3/c1-16(2)7-10(18)8-17-9-15-13-11(14(17)19)5-4-6-12(13)20-3/h4-6,9-10,18H,7-8H2,1-3H3/t10-/m0/s1. The van der Waals surface area contributed by atoms with Crippen molar-refractivity contribution in [2.75, 3.05) is 27.7 Å². The van der Waals surface area contributed by atoms with Gasteiger partial charge in [-0.05, 0) is 26.2 Å². The molecule has 0 aliphatic rings. The molecule has 2 rings (SSSR count). The number of ether oxygens (including phenoxy) is 1. The van der Waals surface area contributed by atoms with E-state index in [0.29, 0.717) is 23.2 Å². The molecule has 0 fully saturated rings. The summed E-state index contributed by atoms with van der Waals surface area (Å²) in [5, 5.41) is 10.4. The van der Waals surface area contributed by atoms with E-state index in [4.69, 9.17) is 4.74 Å². The maximum atomic E-state index is 12.4. The highest BCUT2D eigenvalue weighted by Crippen LogP contribution is 2.19. The maximum Gasteiger partial charge on any atom is 0.261 e. The Morgan fingerprint density at radius 2 is 2.20 bits per heavy atom. The van der Waals surface area contributed by atoms with Crippen LogP contribution in [0.3, 0.4) is 0 Å². The van der Waals surface area contributed by atoms with E-state index in [1.54, 1.807) is 25.3 Å². The van der Waals surface area contributed by atoms with Gasteiger partial charge >= 0.3 is 0 Å². The number of benzene rings is 1. The number of hydrogen-bond acceptors (Lipinski definition) is 5. The molecule has 108 valence electrons. The first-order valence-corrected chi connectivity index (χ1v) is 6.38. The van der Waals surface area contributed by atoms with Crippen molar-refractivity contribution < 1.29 is 9.84 Å². The van der Waals surface area contributed by atoms with Crippen LogP contribution in [0.2, 0.25) is 0 Å². The summed E-state index contributed by atoms with van der Waals surface area (Å²) >= 11 is 0. The molecule has 0 saturated heterocycles. The summed E-state index contributed by atoms with van der Waals surface area (Å²) in [5.74, 6) is 0.570. The van der Waals surface area contributed by atoms with Gasteiger partial charge in [0, 0.05) is 6.54 Å². The lowest BCUT2D eigenvalue weighted by molar-refractivity contribution is 0.118. The van der Waals surface area contributed by atoms with Crippen LogP contribution in [0.5, 0.6) is 5.75 Å². The van der Waals surface area contributed by atoms with Crippen LogP contribution in [0.15, 0.2) is 29.3 Å². The van der Waals surface area contributed by atoms with Crippen molar-refractivity contribution in [3.8, 4) is 5.75 Å². The first-order valence-electron chi connectivity index (χ1n) is 6.38. The Balaban J connectivity index is 2.38. The third-order valence-corrected chi connectivity index (χ3v) is 3.02. The third-order valence-electron chi connectivity index (χ3n) is 3.02. The first kappa shape index (κ1) is 14.5. The first-order chi connectivity index (χ1) is 9.52. The highest BCUT2D eigenvalue weighted by molar-refractivity contribution is 5.83. The lowest BCUT2D eigenvalue weighted by Crippen LogP contribution is -2.33. The molecule has 1 heterocycles. The van der Waals surface area contributed by atoms with Crippen molar-refractivity contribution in [1.82, 2.24) is 14.5 Å². The van der Waals surface area contributed by atoms with Crippen molar-refractivity contribution in [2.24, 2.45) is 0 Å². The van der Waals surface area contributed by atoms with Gasteiger partial charge in [0.2, 0.25) is 0 Å². The van der Waals surface area contributed by atoms with E-state index in [2.05, 4.69) is 4.98 Å². The summed E-state index contributed by atoms with van der Waals surface area (Å²) in [4.78, 5) is 18.5. The molecule has 1 aromatic heterocycles. The predicted molar refractivity (Wildman–Crippen MR) is 77.1 cm³/mol. The third kappa shape index (κ3) is 2.97. The summed E-state index contributed by atoms with van der Waals surface area (Å²) in [6.07, 6.45) is 0.832. The quantitative estimate of drug-likeness (QED) is 0.853. The van der Waals surface area contributed by atoms with Gasteiger partial charge in [-0.3, -0.25) is 9.36 Å². The average Bonchev–Trinajstić information content (AvgIpc) is 2.40. The Kier molecular flexibility index (Phi) is 4.36.